The Labute approximate surface area is 166 Å². The van der Waals surface area contributed by atoms with E-state index < -0.39 is 0 Å². The monoisotopic (exact) mass is 358 g/mol. The van der Waals surface area contributed by atoms with Gasteiger partial charge in [0.1, 0.15) is 0 Å². The van der Waals surface area contributed by atoms with E-state index in [1.165, 1.54) is 49.4 Å². The third-order valence-corrected chi connectivity index (χ3v) is 5.67. The highest BCUT2D eigenvalue weighted by molar-refractivity contribution is 6.03. The van der Waals surface area contributed by atoms with Gasteiger partial charge in [0, 0.05) is 0 Å². The van der Waals surface area contributed by atoms with E-state index in [0.29, 0.717) is 0 Å². The van der Waals surface area contributed by atoms with Crippen molar-refractivity contribution in [3.05, 3.63) is 109 Å². The molecule has 0 fully saturated rings. The largest absolute Gasteiger partial charge is 0.0622 e. The fourth-order valence-electron chi connectivity index (χ4n) is 4.23. The molecule has 0 aliphatic carbocycles. The number of rotatable bonds is 3. The van der Waals surface area contributed by atoms with Crippen LogP contribution in [0.3, 0.4) is 0 Å². The van der Waals surface area contributed by atoms with Crippen LogP contribution in [0.5, 0.6) is 0 Å². The molecule has 0 atom stereocenters. The van der Waals surface area contributed by atoms with Gasteiger partial charge in [0.15, 0.2) is 0 Å². The Balaban J connectivity index is 1.77. The summed E-state index contributed by atoms with van der Waals surface area (Å²) in [6.07, 6.45) is 1.03. The summed E-state index contributed by atoms with van der Waals surface area (Å²) >= 11 is 0. The van der Waals surface area contributed by atoms with Crippen LogP contribution in [-0.2, 0) is 6.42 Å². The molecule has 0 saturated carbocycles. The zero-order chi connectivity index (χ0) is 18.9. The molecule has 5 rings (SSSR count). The molecule has 0 aromatic heterocycles. The zero-order valence-electron chi connectivity index (χ0n) is 16.0. The number of benzene rings is 5. The lowest BCUT2D eigenvalue weighted by Gasteiger charge is -2.14. The molecule has 134 valence electrons. The molecule has 0 nitrogen and oxygen atoms in total. The molecule has 28 heavy (non-hydrogen) atoms. The van der Waals surface area contributed by atoms with Crippen molar-refractivity contribution in [2.24, 2.45) is 0 Å². The van der Waals surface area contributed by atoms with Crippen molar-refractivity contribution in [1.29, 1.82) is 0 Å². The van der Waals surface area contributed by atoms with Crippen molar-refractivity contribution in [3.63, 3.8) is 0 Å². The lowest BCUT2D eigenvalue weighted by Crippen LogP contribution is -1.89. The van der Waals surface area contributed by atoms with Crippen molar-refractivity contribution in [2.45, 2.75) is 13.3 Å². The van der Waals surface area contributed by atoms with Gasteiger partial charge in [-0.2, -0.15) is 0 Å². The van der Waals surface area contributed by atoms with Gasteiger partial charge in [-0.3, -0.25) is 0 Å². The van der Waals surface area contributed by atoms with Crippen LogP contribution in [0, 0.1) is 0 Å². The van der Waals surface area contributed by atoms with E-state index in [4.69, 9.17) is 0 Å². The van der Waals surface area contributed by atoms with Crippen LogP contribution in [-0.4, -0.2) is 0 Å². The van der Waals surface area contributed by atoms with Crippen LogP contribution in [0.15, 0.2) is 103 Å². The number of hydrogen-bond donors (Lipinski definition) is 0. The normalized spacial score (nSPS) is 11.2. The molecule has 0 aliphatic rings. The minimum absolute atomic E-state index is 1.03. The van der Waals surface area contributed by atoms with Crippen molar-refractivity contribution in [1.82, 2.24) is 0 Å². The fraction of sp³-hybridized carbons (Fsp3) is 0.0714. The summed E-state index contributed by atoms with van der Waals surface area (Å²) in [6.45, 7) is 2.24. The zero-order valence-corrected chi connectivity index (χ0v) is 16.0. The average molecular weight is 358 g/mol. The van der Waals surface area contributed by atoms with Gasteiger partial charge >= 0.3 is 0 Å². The highest BCUT2D eigenvalue weighted by Gasteiger charge is 2.10. The number of fused-ring (bicyclic) bond motifs is 2. The van der Waals surface area contributed by atoms with Crippen molar-refractivity contribution >= 4 is 21.5 Å². The third-order valence-electron chi connectivity index (χ3n) is 5.67. The summed E-state index contributed by atoms with van der Waals surface area (Å²) in [5, 5.41) is 5.28. The van der Waals surface area contributed by atoms with Gasteiger partial charge in [0.05, 0.1) is 0 Å². The Kier molecular flexibility index (Phi) is 4.18. The first kappa shape index (κ1) is 16.8. The van der Waals surface area contributed by atoms with Gasteiger partial charge in [-0.15, -0.1) is 0 Å². The summed E-state index contributed by atoms with van der Waals surface area (Å²) in [5.74, 6) is 0. The Hall–Kier alpha value is -3.38. The maximum absolute atomic E-state index is 2.38. The highest BCUT2D eigenvalue weighted by Crippen LogP contribution is 2.36. The molecular formula is C28H22. The molecule has 0 aliphatic heterocycles. The van der Waals surface area contributed by atoms with Crippen LogP contribution in [0.25, 0.3) is 43.8 Å². The van der Waals surface area contributed by atoms with E-state index in [0.717, 1.165) is 6.42 Å². The summed E-state index contributed by atoms with van der Waals surface area (Å²) < 4.78 is 0. The van der Waals surface area contributed by atoms with Crippen molar-refractivity contribution < 1.29 is 0 Å². The summed E-state index contributed by atoms with van der Waals surface area (Å²) in [5.41, 5.74) is 6.55. The van der Waals surface area contributed by atoms with Gasteiger partial charge in [-0.1, -0.05) is 104 Å². The van der Waals surface area contributed by atoms with Gasteiger partial charge in [0.2, 0.25) is 0 Å². The Morgan fingerprint density at radius 3 is 2.11 bits per heavy atom. The standard InChI is InChI=1S/C28H22/c1-2-20-15-17-26(21-9-4-3-5-10-21)27-18-16-23(19-28(20)27)25-14-8-12-22-11-6-7-13-24(22)25/h3-19H,2H2,1H3. The number of hydrogen-bond acceptors (Lipinski definition) is 0. The summed E-state index contributed by atoms with van der Waals surface area (Å²) in [4.78, 5) is 0. The highest BCUT2D eigenvalue weighted by atomic mass is 14.1. The molecular weight excluding hydrogens is 336 g/mol. The molecule has 0 saturated heterocycles. The average Bonchev–Trinajstić information content (AvgIpc) is 2.78. The summed E-state index contributed by atoms with van der Waals surface area (Å²) in [7, 11) is 0. The predicted molar refractivity (Wildman–Crippen MR) is 122 cm³/mol. The Morgan fingerprint density at radius 2 is 1.25 bits per heavy atom. The van der Waals surface area contributed by atoms with E-state index in [1.54, 1.807) is 0 Å². The molecule has 5 aromatic rings. The van der Waals surface area contributed by atoms with E-state index in [9.17, 15) is 0 Å². The maximum atomic E-state index is 2.38. The molecule has 5 aromatic carbocycles. The maximum Gasteiger partial charge on any atom is -0.0102 e. The second-order valence-electron chi connectivity index (χ2n) is 7.28. The molecule has 0 spiro atoms. The van der Waals surface area contributed by atoms with E-state index in [-0.39, 0.29) is 0 Å². The topological polar surface area (TPSA) is 0 Å². The molecule has 0 bridgehead atoms. The molecule has 0 unspecified atom stereocenters. The number of aryl methyl sites for hydroxylation is 1. The van der Waals surface area contributed by atoms with Gasteiger partial charge in [-0.05, 0) is 61.8 Å². The van der Waals surface area contributed by atoms with Crippen molar-refractivity contribution in [2.75, 3.05) is 0 Å². The second-order valence-corrected chi connectivity index (χ2v) is 7.28. The molecule has 0 N–H and O–H groups in total. The Morgan fingerprint density at radius 1 is 0.500 bits per heavy atom. The third kappa shape index (κ3) is 2.78. The molecule has 0 heterocycles. The lowest BCUT2D eigenvalue weighted by atomic mass is 9.90. The first-order valence-electron chi connectivity index (χ1n) is 9.94. The Bertz CT molecular complexity index is 1270. The van der Waals surface area contributed by atoms with Crippen LogP contribution >= 0.6 is 0 Å². The van der Waals surface area contributed by atoms with Gasteiger partial charge < -0.3 is 0 Å². The van der Waals surface area contributed by atoms with Crippen molar-refractivity contribution in [3.8, 4) is 22.3 Å². The first-order chi connectivity index (χ1) is 13.8. The fourth-order valence-corrected chi connectivity index (χ4v) is 4.23. The van der Waals surface area contributed by atoms with Crippen LogP contribution in [0.2, 0.25) is 0 Å². The van der Waals surface area contributed by atoms with E-state index in [1.807, 2.05) is 0 Å². The van der Waals surface area contributed by atoms with Crippen LogP contribution < -0.4 is 0 Å². The minimum Gasteiger partial charge on any atom is -0.0622 e. The molecule has 0 heteroatoms. The van der Waals surface area contributed by atoms with E-state index >= 15 is 0 Å². The molecule has 0 radical (unpaired) electrons. The van der Waals surface area contributed by atoms with Gasteiger partial charge in [0.25, 0.3) is 0 Å². The second kappa shape index (κ2) is 6.98. The minimum atomic E-state index is 1.03. The predicted octanol–water partition coefficient (Wildman–Crippen LogP) is 7.89. The SMILES string of the molecule is CCc1ccc(-c2ccccc2)c2ccc(-c3cccc4ccccc34)cc12. The van der Waals surface area contributed by atoms with Crippen LogP contribution in [0.1, 0.15) is 12.5 Å². The van der Waals surface area contributed by atoms with E-state index in [2.05, 4.69) is 110 Å². The quantitative estimate of drug-likeness (QED) is 0.307. The van der Waals surface area contributed by atoms with Gasteiger partial charge in [-0.25, -0.2) is 0 Å². The summed E-state index contributed by atoms with van der Waals surface area (Å²) in [6, 6.07) is 37.4. The molecule has 0 amide bonds. The lowest BCUT2D eigenvalue weighted by molar-refractivity contribution is 1.16. The smallest absolute Gasteiger partial charge is 0.0102 e. The van der Waals surface area contributed by atoms with Crippen LogP contribution in [0.4, 0.5) is 0 Å². The first-order valence-corrected chi connectivity index (χ1v) is 9.94.